The van der Waals surface area contributed by atoms with E-state index in [0.29, 0.717) is 10.1 Å². The van der Waals surface area contributed by atoms with E-state index >= 15 is 0 Å². The predicted octanol–water partition coefficient (Wildman–Crippen LogP) is 3.35. The first-order chi connectivity index (χ1) is 9.63. The zero-order valence-corrected chi connectivity index (χ0v) is 12.5. The van der Waals surface area contributed by atoms with Gasteiger partial charge in [-0.25, -0.2) is 13.8 Å². The minimum absolute atomic E-state index is 0.123. The van der Waals surface area contributed by atoms with E-state index < -0.39 is 5.82 Å². The predicted molar refractivity (Wildman–Crippen MR) is 75.4 cm³/mol. The fraction of sp³-hybridized carbons (Fsp3) is 0.0833. The minimum atomic E-state index is -0.527. The monoisotopic (exact) mass is 356 g/mol. The van der Waals surface area contributed by atoms with Crippen molar-refractivity contribution in [3.05, 3.63) is 40.0 Å². The van der Waals surface area contributed by atoms with Crippen LogP contribution in [0.1, 0.15) is 0 Å². The normalized spacial score (nSPS) is 11.0. The summed E-state index contributed by atoms with van der Waals surface area (Å²) in [5, 5.41) is 8.12. The lowest BCUT2D eigenvalue weighted by molar-refractivity contribution is 0.387. The van der Waals surface area contributed by atoms with Gasteiger partial charge in [-0.15, -0.1) is 10.2 Å². The number of hydrogen-bond donors (Lipinski definition) is 0. The Balaban J connectivity index is 2.34. The Kier molecular flexibility index (Phi) is 3.31. The number of nitrogens with zero attached hydrogens (tertiary/aromatic N) is 4. The van der Waals surface area contributed by atoms with Crippen molar-refractivity contribution in [1.82, 2.24) is 19.6 Å². The molecule has 0 bridgehead atoms. The Morgan fingerprint density at radius 1 is 1.35 bits per heavy atom. The van der Waals surface area contributed by atoms with Crippen molar-refractivity contribution < 1.29 is 9.13 Å². The van der Waals surface area contributed by atoms with Crippen LogP contribution < -0.4 is 4.74 Å². The Labute approximate surface area is 126 Å². The van der Waals surface area contributed by atoms with E-state index in [0.717, 1.165) is 0 Å². The first-order valence-electron chi connectivity index (χ1n) is 5.51. The van der Waals surface area contributed by atoms with Crippen LogP contribution in [0.4, 0.5) is 4.39 Å². The number of methoxy groups -OCH3 is 1. The van der Waals surface area contributed by atoms with Gasteiger partial charge in [0.05, 0.1) is 17.1 Å². The minimum Gasteiger partial charge on any atom is -0.494 e. The molecule has 0 saturated heterocycles. The first-order valence-corrected chi connectivity index (χ1v) is 6.68. The van der Waals surface area contributed by atoms with Crippen molar-refractivity contribution in [2.45, 2.75) is 0 Å². The van der Waals surface area contributed by atoms with E-state index in [4.69, 9.17) is 16.3 Å². The fourth-order valence-corrected chi connectivity index (χ4v) is 2.42. The second-order valence-corrected chi connectivity index (χ2v) is 5.07. The van der Waals surface area contributed by atoms with Crippen LogP contribution in [0.5, 0.6) is 5.75 Å². The fourth-order valence-electron chi connectivity index (χ4n) is 1.85. The van der Waals surface area contributed by atoms with Gasteiger partial charge >= 0.3 is 0 Å². The lowest BCUT2D eigenvalue weighted by Crippen LogP contribution is -1.98. The molecule has 0 unspecified atom stereocenters. The summed E-state index contributed by atoms with van der Waals surface area (Å²) in [7, 11) is 1.40. The van der Waals surface area contributed by atoms with Crippen LogP contribution in [0.2, 0.25) is 5.28 Å². The topological polar surface area (TPSA) is 52.3 Å². The molecular weight excluding hydrogens is 351 g/mol. The Bertz CT molecular complexity index is 807. The van der Waals surface area contributed by atoms with Gasteiger partial charge in [-0.1, -0.05) is 6.07 Å². The molecule has 3 rings (SSSR count). The summed E-state index contributed by atoms with van der Waals surface area (Å²) < 4.78 is 21.4. The van der Waals surface area contributed by atoms with Gasteiger partial charge in [0.2, 0.25) is 5.28 Å². The van der Waals surface area contributed by atoms with E-state index in [9.17, 15) is 4.39 Å². The molecule has 8 heteroatoms. The summed E-state index contributed by atoms with van der Waals surface area (Å²) in [6, 6.07) is 4.76. The zero-order valence-electron chi connectivity index (χ0n) is 10.1. The molecule has 0 radical (unpaired) electrons. The third-order valence-electron chi connectivity index (χ3n) is 2.77. The van der Waals surface area contributed by atoms with Gasteiger partial charge in [0.1, 0.15) is 0 Å². The van der Waals surface area contributed by atoms with Crippen molar-refractivity contribution in [3.8, 4) is 17.1 Å². The lowest BCUT2D eigenvalue weighted by Gasteiger charge is -2.06. The van der Waals surface area contributed by atoms with Crippen LogP contribution in [0.25, 0.3) is 17.0 Å². The average Bonchev–Trinajstić information content (AvgIpc) is 2.89. The van der Waals surface area contributed by atoms with E-state index in [1.165, 1.54) is 23.8 Å². The molecule has 1 aromatic carbocycles. The first kappa shape index (κ1) is 13.3. The molecule has 2 aromatic heterocycles. The van der Waals surface area contributed by atoms with Gasteiger partial charge in [0, 0.05) is 6.20 Å². The van der Waals surface area contributed by atoms with Crippen molar-refractivity contribution in [1.29, 1.82) is 0 Å². The largest absolute Gasteiger partial charge is 0.494 e. The molecule has 0 atom stereocenters. The van der Waals surface area contributed by atoms with Crippen LogP contribution in [-0.2, 0) is 0 Å². The quantitative estimate of drug-likeness (QED) is 0.660. The summed E-state index contributed by atoms with van der Waals surface area (Å²) in [5.41, 5.74) is 0.695. The number of aromatic nitrogens is 4. The van der Waals surface area contributed by atoms with E-state index in [-0.39, 0.29) is 22.4 Å². The Hall–Kier alpha value is -1.73. The molecule has 0 aliphatic rings. The van der Waals surface area contributed by atoms with Gasteiger partial charge in [0.15, 0.2) is 23.0 Å². The number of rotatable bonds is 2. The van der Waals surface area contributed by atoms with Crippen LogP contribution >= 0.6 is 27.5 Å². The molecule has 5 nitrogen and oxygen atoms in total. The third-order valence-corrected chi connectivity index (χ3v) is 3.60. The maximum absolute atomic E-state index is 14.3. The second kappa shape index (κ2) is 4.99. The molecule has 3 aromatic rings. The highest BCUT2D eigenvalue weighted by atomic mass is 79.9. The summed E-state index contributed by atoms with van der Waals surface area (Å²) >= 11 is 9.35. The van der Waals surface area contributed by atoms with Crippen molar-refractivity contribution in [3.63, 3.8) is 0 Å². The molecule has 0 fully saturated rings. The highest BCUT2D eigenvalue weighted by Gasteiger charge is 2.19. The molecule has 0 N–H and O–H groups in total. The Morgan fingerprint density at radius 3 is 2.90 bits per heavy atom. The molecule has 20 heavy (non-hydrogen) atoms. The standard InChI is InChI=1S/C12H7BrClFN4O/c1-20-8-4-2-3-6(9(8)15)10-17-18-11-7(13)5-16-12(14)19(10)11/h2-5H,1H3. The van der Waals surface area contributed by atoms with E-state index in [2.05, 4.69) is 31.1 Å². The van der Waals surface area contributed by atoms with Crippen LogP contribution in [0.15, 0.2) is 28.9 Å². The van der Waals surface area contributed by atoms with Crippen LogP contribution in [-0.4, -0.2) is 26.7 Å². The van der Waals surface area contributed by atoms with Crippen LogP contribution in [0, 0.1) is 5.82 Å². The number of hydrogen-bond acceptors (Lipinski definition) is 4. The number of ether oxygens (including phenoxy) is 1. The molecule has 0 saturated carbocycles. The molecule has 0 aliphatic carbocycles. The number of benzene rings is 1. The molecule has 102 valence electrons. The summed E-state index contributed by atoms with van der Waals surface area (Å²) in [5.74, 6) is -0.145. The van der Waals surface area contributed by atoms with Gasteiger partial charge in [-0.05, 0) is 39.7 Å². The highest BCUT2D eigenvalue weighted by molar-refractivity contribution is 9.10. The molecule has 0 spiro atoms. The highest BCUT2D eigenvalue weighted by Crippen LogP contribution is 2.30. The van der Waals surface area contributed by atoms with Crippen LogP contribution in [0.3, 0.4) is 0 Å². The third kappa shape index (κ3) is 1.94. The zero-order chi connectivity index (χ0) is 14.3. The molecule has 0 aliphatic heterocycles. The molecule has 2 heterocycles. The van der Waals surface area contributed by atoms with Crippen molar-refractivity contribution in [2.24, 2.45) is 0 Å². The average molecular weight is 358 g/mol. The van der Waals surface area contributed by atoms with Gasteiger partial charge in [-0.3, -0.25) is 0 Å². The number of halogens is 3. The SMILES string of the molecule is COc1cccc(-c2nnc3c(Br)cnc(Cl)n23)c1F. The maximum Gasteiger partial charge on any atom is 0.210 e. The van der Waals surface area contributed by atoms with Gasteiger partial charge < -0.3 is 4.74 Å². The Morgan fingerprint density at radius 2 is 2.15 bits per heavy atom. The van der Waals surface area contributed by atoms with Gasteiger partial charge in [-0.2, -0.15) is 0 Å². The van der Waals surface area contributed by atoms with E-state index in [1.807, 2.05) is 0 Å². The summed E-state index contributed by atoms with van der Waals surface area (Å²) in [6.45, 7) is 0. The maximum atomic E-state index is 14.3. The van der Waals surface area contributed by atoms with E-state index in [1.54, 1.807) is 12.1 Å². The lowest BCUT2D eigenvalue weighted by atomic mass is 10.2. The van der Waals surface area contributed by atoms with Crippen molar-refractivity contribution >= 4 is 33.2 Å². The summed E-state index contributed by atoms with van der Waals surface area (Å²) in [6.07, 6.45) is 1.51. The smallest absolute Gasteiger partial charge is 0.210 e. The molecular formula is C12H7BrClFN4O. The van der Waals surface area contributed by atoms with Crippen molar-refractivity contribution in [2.75, 3.05) is 7.11 Å². The number of fused-ring (bicyclic) bond motifs is 1. The van der Waals surface area contributed by atoms with Gasteiger partial charge in [0.25, 0.3) is 0 Å². The summed E-state index contributed by atoms with van der Waals surface area (Å²) in [4.78, 5) is 3.99. The molecule has 0 amide bonds. The second-order valence-electron chi connectivity index (χ2n) is 3.88.